The number of nitrogens with zero attached hydrogens (tertiary/aromatic N) is 4. The summed E-state index contributed by atoms with van der Waals surface area (Å²) in [5, 5.41) is 19.1. The Hall–Kier alpha value is -2.81. The molecule has 2 aromatic heterocycles. The number of carbonyl (C=O) groups is 1. The molecule has 0 saturated carbocycles. The molecule has 0 radical (unpaired) electrons. The molecule has 2 N–H and O–H groups in total. The fraction of sp³-hybridized carbons (Fsp3) is 0.421. The number of anilines is 1. The highest BCUT2D eigenvalue weighted by atomic mass is 32.1. The summed E-state index contributed by atoms with van der Waals surface area (Å²) >= 11 is 1.51. The van der Waals surface area contributed by atoms with Crippen LogP contribution in [0, 0.1) is 13.8 Å². The number of carbonyl (C=O) groups excluding carboxylic acids is 1. The van der Waals surface area contributed by atoms with Crippen LogP contribution in [0.3, 0.4) is 0 Å². The molecule has 3 aromatic rings. The van der Waals surface area contributed by atoms with E-state index in [1.807, 2.05) is 26.1 Å². The third-order valence-corrected chi connectivity index (χ3v) is 5.82. The molecule has 1 fully saturated rings. The highest BCUT2D eigenvalue weighted by Crippen LogP contribution is 2.31. The number of phenols is 1. The number of benzene rings is 1. The topological polar surface area (TPSA) is 92.5 Å². The van der Waals surface area contributed by atoms with Crippen LogP contribution in [0.15, 0.2) is 18.3 Å². The number of piperidine rings is 1. The normalized spacial score (nSPS) is 17.1. The number of amides is 1. The Bertz CT molecular complexity index is 973. The van der Waals surface area contributed by atoms with Gasteiger partial charge in [-0.1, -0.05) is 17.4 Å². The lowest BCUT2D eigenvalue weighted by atomic mass is 10.1. The Balaban J connectivity index is 1.53. The van der Waals surface area contributed by atoms with Gasteiger partial charge in [-0.3, -0.25) is 0 Å². The molecule has 9 heteroatoms. The average molecular weight is 401 g/mol. The molecule has 148 valence electrons. The number of rotatable bonds is 3. The van der Waals surface area contributed by atoms with E-state index in [0.29, 0.717) is 17.9 Å². The van der Waals surface area contributed by atoms with E-state index in [2.05, 4.69) is 15.4 Å². The van der Waals surface area contributed by atoms with Gasteiger partial charge in [-0.15, -0.1) is 5.10 Å². The monoisotopic (exact) mass is 401 g/mol. The summed E-state index contributed by atoms with van der Waals surface area (Å²) in [5.41, 5.74) is 3.26. The number of likely N-dealkylation sites (tertiary alicyclic amines) is 1. The second-order valence-electron chi connectivity index (χ2n) is 7.13. The first-order valence-electron chi connectivity index (χ1n) is 9.21. The minimum atomic E-state index is -0.291. The van der Waals surface area contributed by atoms with Gasteiger partial charge in [0.15, 0.2) is 10.8 Å². The van der Waals surface area contributed by atoms with Gasteiger partial charge in [0.1, 0.15) is 11.4 Å². The number of phenolic OH excluding ortho intramolecular Hbond substituents is 1. The largest absolute Gasteiger partial charge is 0.506 e. The number of nitrogens with one attached hydrogen (secondary N) is 1. The maximum absolute atomic E-state index is 11.7. The lowest BCUT2D eigenvalue weighted by Gasteiger charge is -2.31. The Morgan fingerprint density at radius 1 is 1.39 bits per heavy atom. The molecule has 1 aliphatic heterocycles. The lowest BCUT2D eigenvalue weighted by molar-refractivity contribution is 0.113. The minimum absolute atomic E-state index is 0.138. The molecule has 1 saturated heterocycles. The Labute approximate surface area is 166 Å². The van der Waals surface area contributed by atoms with E-state index in [0.717, 1.165) is 40.3 Å². The molecule has 1 aliphatic rings. The van der Waals surface area contributed by atoms with Crippen molar-refractivity contribution in [2.45, 2.75) is 32.7 Å². The average Bonchev–Trinajstić information content (AvgIpc) is 3.18. The van der Waals surface area contributed by atoms with Gasteiger partial charge in [-0.25, -0.2) is 9.48 Å². The SMILES string of the molecule is COC(=O)N1CCCC(Nc2nc3nn(-c4c(C)cc(C)cc4O)cc3s2)C1. The number of aromatic nitrogens is 3. The molecule has 3 heterocycles. The summed E-state index contributed by atoms with van der Waals surface area (Å²) in [5.74, 6) is 0.205. The zero-order chi connectivity index (χ0) is 19.8. The Kier molecular flexibility index (Phi) is 4.84. The van der Waals surface area contributed by atoms with Gasteiger partial charge in [0.25, 0.3) is 0 Å². The number of aromatic hydroxyl groups is 1. The van der Waals surface area contributed by atoms with Gasteiger partial charge in [-0.2, -0.15) is 4.98 Å². The van der Waals surface area contributed by atoms with Crippen LogP contribution in [-0.4, -0.2) is 57.1 Å². The number of ether oxygens (including phenoxy) is 1. The van der Waals surface area contributed by atoms with E-state index in [4.69, 9.17) is 4.74 Å². The summed E-state index contributed by atoms with van der Waals surface area (Å²) in [6.07, 6.45) is 3.49. The van der Waals surface area contributed by atoms with Crippen molar-refractivity contribution in [3.05, 3.63) is 29.5 Å². The predicted molar refractivity (Wildman–Crippen MR) is 109 cm³/mol. The van der Waals surface area contributed by atoms with Crippen molar-refractivity contribution in [1.82, 2.24) is 19.7 Å². The second-order valence-corrected chi connectivity index (χ2v) is 8.16. The van der Waals surface area contributed by atoms with Crippen molar-refractivity contribution >= 4 is 32.9 Å². The van der Waals surface area contributed by atoms with Crippen molar-refractivity contribution in [3.8, 4) is 11.4 Å². The van der Waals surface area contributed by atoms with Crippen molar-refractivity contribution in [1.29, 1.82) is 0 Å². The summed E-state index contributed by atoms with van der Waals surface area (Å²) in [6.45, 7) is 5.22. The van der Waals surface area contributed by atoms with E-state index in [1.165, 1.54) is 18.4 Å². The van der Waals surface area contributed by atoms with Crippen LogP contribution in [0.4, 0.5) is 9.93 Å². The summed E-state index contributed by atoms with van der Waals surface area (Å²) in [4.78, 5) is 18.0. The van der Waals surface area contributed by atoms with Gasteiger partial charge in [0.2, 0.25) is 0 Å². The van der Waals surface area contributed by atoms with Crippen LogP contribution in [0.25, 0.3) is 16.0 Å². The van der Waals surface area contributed by atoms with E-state index in [-0.39, 0.29) is 17.9 Å². The molecular formula is C19H23N5O3S. The summed E-state index contributed by atoms with van der Waals surface area (Å²) < 4.78 is 7.43. The van der Waals surface area contributed by atoms with Crippen LogP contribution in [0.2, 0.25) is 0 Å². The summed E-state index contributed by atoms with van der Waals surface area (Å²) in [7, 11) is 1.40. The van der Waals surface area contributed by atoms with Gasteiger partial charge in [0.05, 0.1) is 18.0 Å². The second kappa shape index (κ2) is 7.31. The van der Waals surface area contributed by atoms with Crippen molar-refractivity contribution in [2.75, 3.05) is 25.5 Å². The molecular weight excluding hydrogens is 378 g/mol. The standard InChI is InChI=1S/C19H23N5O3S/c1-11-7-12(2)16(14(25)8-11)24-10-15-17(22-24)21-18(28-15)20-13-5-4-6-23(9-13)19(26)27-3/h7-8,10,13,25H,4-6,9H2,1-3H3,(H,20,21,22). The fourth-order valence-corrected chi connectivity index (χ4v) is 4.59. The maximum Gasteiger partial charge on any atom is 0.409 e. The zero-order valence-electron chi connectivity index (χ0n) is 16.1. The van der Waals surface area contributed by atoms with Gasteiger partial charge >= 0.3 is 6.09 Å². The number of fused-ring (bicyclic) bond motifs is 1. The maximum atomic E-state index is 11.7. The van der Waals surface area contributed by atoms with Crippen molar-refractivity contribution in [3.63, 3.8) is 0 Å². The Morgan fingerprint density at radius 3 is 2.93 bits per heavy atom. The molecule has 0 spiro atoms. The molecule has 4 rings (SSSR count). The molecule has 0 aliphatic carbocycles. The van der Waals surface area contributed by atoms with Gasteiger partial charge in [-0.05, 0) is 43.9 Å². The van der Waals surface area contributed by atoms with Gasteiger partial charge < -0.3 is 20.1 Å². The highest BCUT2D eigenvalue weighted by molar-refractivity contribution is 7.22. The first-order valence-corrected chi connectivity index (χ1v) is 10.0. The van der Waals surface area contributed by atoms with E-state index in [9.17, 15) is 9.90 Å². The molecule has 8 nitrogen and oxygen atoms in total. The third kappa shape index (κ3) is 3.49. The first kappa shape index (κ1) is 18.5. The van der Waals surface area contributed by atoms with Crippen LogP contribution < -0.4 is 5.32 Å². The Morgan fingerprint density at radius 2 is 2.21 bits per heavy atom. The number of thiazole rings is 1. The lowest BCUT2D eigenvalue weighted by Crippen LogP contribution is -2.45. The minimum Gasteiger partial charge on any atom is -0.506 e. The summed E-state index contributed by atoms with van der Waals surface area (Å²) in [6, 6.07) is 3.88. The van der Waals surface area contributed by atoms with Crippen LogP contribution in [0.5, 0.6) is 5.75 Å². The molecule has 1 aromatic carbocycles. The van der Waals surface area contributed by atoms with Crippen LogP contribution in [0.1, 0.15) is 24.0 Å². The smallest absolute Gasteiger partial charge is 0.409 e. The highest BCUT2D eigenvalue weighted by Gasteiger charge is 2.25. The van der Waals surface area contributed by atoms with Crippen LogP contribution in [-0.2, 0) is 4.74 Å². The number of aryl methyl sites for hydroxylation is 2. The first-order chi connectivity index (χ1) is 13.4. The van der Waals surface area contributed by atoms with E-state index >= 15 is 0 Å². The molecule has 0 bridgehead atoms. The number of hydrogen-bond donors (Lipinski definition) is 2. The zero-order valence-corrected chi connectivity index (χ0v) is 16.9. The predicted octanol–water partition coefficient (Wildman–Crippen LogP) is 3.45. The van der Waals surface area contributed by atoms with Crippen LogP contribution >= 0.6 is 11.3 Å². The van der Waals surface area contributed by atoms with Crippen molar-refractivity contribution < 1.29 is 14.6 Å². The number of methoxy groups -OCH3 is 1. The van der Waals surface area contributed by atoms with Gasteiger partial charge in [0, 0.05) is 19.1 Å². The fourth-order valence-electron chi connectivity index (χ4n) is 3.70. The van der Waals surface area contributed by atoms with E-state index < -0.39 is 0 Å². The molecule has 1 atom stereocenters. The molecule has 28 heavy (non-hydrogen) atoms. The van der Waals surface area contributed by atoms with Crippen molar-refractivity contribution in [2.24, 2.45) is 0 Å². The van der Waals surface area contributed by atoms with E-state index in [1.54, 1.807) is 15.6 Å². The third-order valence-electron chi connectivity index (χ3n) is 4.91. The number of hydrogen-bond acceptors (Lipinski definition) is 7. The molecule has 1 unspecified atom stereocenters. The quantitative estimate of drug-likeness (QED) is 0.698. The molecule has 1 amide bonds.